The Kier molecular flexibility index (Phi) is 10.7. The van der Waals surface area contributed by atoms with Crippen molar-refractivity contribution in [3.05, 3.63) is 88.4 Å². The maximum absolute atomic E-state index is 14.1. The summed E-state index contributed by atoms with van der Waals surface area (Å²) >= 11 is 3.35. The predicted molar refractivity (Wildman–Crippen MR) is 168 cm³/mol. The van der Waals surface area contributed by atoms with Crippen molar-refractivity contribution in [2.24, 2.45) is 0 Å². The first-order valence-corrected chi connectivity index (χ1v) is 16.5. The number of rotatable bonds is 12. The molecule has 224 valence electrons. The van der Waals surface area contributed by atoms with Crippen LogP contribution in [0.25, 0.3) is 0 Å². The van der Waals surface area contributed by atoms with Gasteiger partial charge < -0.3 is 15.0 Å². The molecule has 3 aromatic rings. The predicted octanol–water partition coefficient (Wildman–Crippen LogP) is 5.83. The molecule has 0 saturated heterocycles. The van der Waals surface area contributed by atoms with E-state index in [1.165, 1.54) is 17.0 Å². The topological polar surface area (TPSA) is 96.0 Å². The lowest BCUT2D eigenvalue weighted by molar-refractivity contribution is -0.139. The van der Waals surface area contributed by atoms with Gasteiger partial charge in [0.15, 0.2) is 0 Å². The molecule has 0 heterocycles. The summed E-state index contributed by atoms with van der Waals surface area (Å²) < 4.78 is 35.3. The Balaban J connectivity index is 1.69. The minimum Gasteiger partial charge on any atom is -0.494 e. The van der Waals surface area contributed by atoms with Crippen molar-refractivity contribution in [1.29, 1.82) is 0 Å². The Labute approximate surface area is 257 Å². The summed E-state index contributed by atoms with van der Waals surface area (Å²) in [6.45, 7) is 5.66. The first kappa shape index (κ1) is 31.6. The van der Waals surface area contributed by atoms with E-state index in [-0.39, 0.29) is 23.4 Å². The fourth-order valence-corrected chi connectivity index (χ4v) is 6.76. The highest BCUT2D eigenvalue weighted by molar-refractivity contribution is 9.10. The van der Waals surface area contributed by atoms with Crippen LogP contribution >= 0.6 is 15.9 Å². The highest BCUT2D eigenvalue weighted by Gasteiger charge is 2.33. The van der Waals surface area contributed by atoms with E-state index >= 15 is 0 Å². The van der Waals surface area contributed by atoms with E-state index in [4.69, 9.17) is 4.74 Å². The molecule has 0 bridgehead atoms. The lowest BCUT2D eigenvalue weighted by atomic mass is 10.1. The lowest BCUT2D eigenvalue weighted by Gasteiger charge is -2.33. The summed E-state index contributed by atoms with van der Waals surface area (Å²) in [7, 11) is -4.15. The number of hydrogen-bond donors (Lipinski definition) is 1. The molecule has 1 N–H and O–H groups in total. The molecule has 0 radical (unpaired) electrons. The first-order valence-electron chi connectivity index (χ1n) is 14.3. The second kappa shape index (κ2) is 14.2. The largest absolute Gasteiger partial charge is 0.494 e. The van der Waals surface area contributed by atoms with Gasteiger partial charge in [-0.2, -0.15) is 0 Å². The van der Waals surface area contributed by atoms with Crippen LogP contribution in [0, 0.1) is 6.92 Å². The van der Waals surface area contributed by atoms with E-state index in [9.17, 15) is 18.0 Å². The third kappa shape index (κ3) is 7.72. The third-order valence-electron chi connectivity index (χ3n) is 7.59. The standard InChI is InChI=1S/C32H38BrN3O5S/c1-4-41-29-17-15-28(16-18-29)36(42(39,40)30-19-13-26(33)14-20-30)22-31(37)35(21-25-10-6-5-9-23(25)2)24(3)32(38)34-27-11-7-8-12-27/h5-6,9-10,13-20,24,27H,4,7-8,11-12,21-22H2,1-3H3,(H,34,38)/t24-/m0/s1. The number of amides is 2. The van der Waals surface area contributed by atoms with Gasteiger partial charge in [0.25, 0.3) is 10.0 Å². The van der Waals surface area contributed by atoms with Gasteiger partial charge >= 0.3 is 0 Å². The number of ether oxygens (including phenoxy) is 1. The molecule has 3 aromatic carbocycles. The van der Waals surface area contributed by atoms with E-state index < -0.39 is 28.5 Å². The number of aryl methyl sites for hydroxylation is 1. The fraction of sp³-hybridized carbons (Fsp3) is 0.375. The maximum atomic E-state index is 14.1. The molecule has 1 saturated carbocycles. The van der Waals surface area contributed by atoms with Crippen LogP contribution in [-0.2, 0) is 26.2 Å². The summed E-state index contributed by atoms with van der Waals surface area (Å²) in [6, 6.07) is 19.8. The SMILES string of the molecule is CCOc1ccc(N(CC(=O)N(Cc2ccccc2C)[C@@H](C)C(=O)NC2CCCC2)S(=O)(=O)c2ccc(Br)cc2)cc1. The lowest BCUT2D eigenvalue weighted by Crippen LogP contribution is -2.52. The molecular formula is C32H38BrN3O5S. The van der Waals surface area contributed by atoms with Gasteiger partial charge in [-0.05, 0) is 93.3 Å². The Morgan fingerprint density at radius 2 is 1.64 bits per heavy atom. The van der Waals surface area contributed by atoms with Crippen LogP contribution in [0.15, 0.2) is 82.2 Å². The number of hydrogen-bond acceptors (Lipinski definition) is 5. The van der Waals surface area contributed by atoms with Crippen molar-refractivity contribution in [2.45, 2.75) is 70.0 Å². The molecule has 0 aromatic heterocycles. The fourth-order valence-electron chi connectivity index (χ4n) is 5.08. The van der Waals surface area contributed by atoms with Crippen LogP contribution in [0.5, 0.6) is 5.75 Å². The molecule has 1 fully saturated rings. The zero-order chi connectivity index (χ0) is 30.3. The molecule has 1 atom stereocenters. The number of halogens is 1. The molecule has 1 aliphatic carbocycles. The van der Waals surface area contributed by atoms with Crippen LogP contribution in [0.4, 0.5) is 5.69 Å². The van der Waals surface area contributed by atoms with Gasteiger partial charge in [-0.15, -0.1) is 0 Å². The number of nitrogens with zero attached hydrogens (tertiary/aromatic N) is 2. The summed E-state index contributed by atoms with van der Waals surface area (Å²) in [5.74, 6) is -0.138. The first-order chi connectivity index (χ1) is 20.1. The Hall–Kier alpha value is -3.37. The highest BCUT2D eigenvalue weighted by Crippen LogP contribution is 2.28. The molecule has 0 aliphatic heterocycles. The Bertz CT molecular complexity index is 1470. The van der Waals surface area contributed by atoms with Gasteiger partial charge in [0.2, 0.25) is 11.8 Å². The van der Waals surface area contributed by atoms with E-state index in [1.807, 2.05) is 38.1 Å². The zero-order valence-electron chi connectivity index (χ0n) is 24.3. The molecular weight excluding hydrogens is 618 g/mol. The summed E-state index contributed by atoms with van der Waals surface area (Å²) in [6.07, 6.45) is 3.97. The van der Waals surface area contributed by atoms with Gasteiger partial charge in [0.1, 0.15) is 18.3 Å². The number of benzene rings is 3. The molecule has 42 heavy (non-hydrogen) atoms. The number of nitrogens with one attached hydrogen (secondary N) is 1. The average molecular weight is 657 g/mol. The van der Waals surface area contributed by atoms with Gasteiger partial charge in [-0.1, -0.05) is 53.0 Å². The average Bonchev–Trinajstić information content (AvgIpc) is 3.49. The molecule has 10 heteroatoms. The molecule has 1 aliphatic rings. The maximum Gasteiger partial charge on any atom is 0.264 e. The number of carbonyl (C=O) groups is 2. The highest BCUT2D eigenvalue weighted by atomic mass is 79.9. The number of carbonyl (C=O) groups excluding carboxylic acids is 2. The van der Waals surface area contributed by atoms with E-state index in [2.05, 4.69) is 21.2 Å². The van der Waals surface area contributed by atoms with Gasteiger partial charge in [-0.3, -0.25) is 13.9 Å². The van der Waals surface area contributed by atoms with Crippen molar-refractivity contribution in [3.63, 3.8) is 0 Å². The molecule has 2 amide bonds. The second-order valence-corrected chi connectivity index (χ2v) is 13.3. The van der Waals surface area contributed by atoms with Crippen LogP contribution in [0.1, 0.15) is 50.7 Å². The monoisotopic (exact) mass is 655 g/mol. The summed E-state index contributed by atoms with van der Waals surface area (Å²) in [5.41, 5.74) is 2.17. The summed E-state index contributed by atoms with van der Waals surface area (Å²) in [4.78, 5) is 29.0. The van der Waals surface area contributed by atoms with Crippen LogP contribution < -0.4 is 14.4 Å². The van der Waals surface area contributed by atoms with Crippen molar-refractivity contribution >= 4 is 43.5 Å². The van der Waals surface area contributed by atoms with Crippen molar-refractivity contribution < 1.29 is 22.7 Å². The zero-order valence-corrected chi connectivity index (χ0v) is 26.7. The Morgan fingerprint density at radius 3 is 2.26 bits per heavy atom. The summed E-state index contributed by atoms with van der Waals surface area (Å²) in [5, 5.41) is 3.10. The van der Waals surface area contributed by atoms with Crippen molar-refractivity contribution in [3.8, 4) is 5.75 Å². The van der Waals surface area contributed by atoms with E-state index in [1.54, 1.807) is 43.3 Å². The van der Waals surface area contributed by atoms with E-state index in [0.29, 0.717) is 18.0 Å². The van der Waals surface area contributed by atoms with Gasteiger partial charge in [0, 0.05) is 17.1 Å². The van der Waals surface area contributed by atoms with Crippen LogP contribution in [-0.4, -0.2) is 50.4 Å². The number of anilines is 1. The molecule has 0 spiro atoms. The van der Waals surface area contributed by atoms with Crippen molar-refractivity contribution in [2.75, 3.05) is 17.5 Å². The Morgan fingerprint density at radius 1 is 1.00 bits per heavy atom. The van der Waals surface area contributed by atoms with E-state index in [0.717, 1.165) is 45.6 Å². The smallest absolute Gasteiger partial charge is 0.264 e. The van der Waals surface area contributed by atoms with Crippen LogP contribution in [0.2, 0.25) is 0 Å². The normalized spacial score (nSPS) is 14.3. The van der Waals surface area contributed by atoms with Crippen molar-refractivity contribution in [1.82, 2.24) is 10.2 Å². The third-order valence-corrected chi connectivity index (χ3v) is 9.90. The molecule has 0 unspecified atom stereocenters. The molecule has 4 rings (SSSR count). The quantitative estimate of drug-likeness (QED) is 0.265. The molecule has 8 nitrogen and oxygen atoms in total. The second-order valence-electron chi connectivity index (χ2n) is 10.5. The minimum atomic E-state index is -4.15. The van der Waals surface area contributed by atoms with Crippen LogP contribution in [0.3, 0.4) is 0 Å². The number of sulfonamides is 1. The van der Waals surface area contributed by atoms with Gasteiger partial charge in [0.05, 0.1) is 17.2 Å². The minimum absolute atomic E-state index is 0.0462. The van der Waals surface area contributed by atoms with Gasteiger partial charge in [-0.25, -0.2) is 8.42 Å².